The molecule has 0 aromatic heterocycles. The average Bonchev–Trinajstić information content (AvgIpc) is 3.55. The summed E-state index contributed by atoms with van der Waals surface area (Å²) in [6, 6.07) is 0. The lowest BCUT2D eigenvalue weighted by atomic mass is 9.46. The van der Waals surface area contributed by atoms with Crippen LogP contribution >= 0.6 is 0 Å². The van der Waals surface area contributed by atoms with Crippen LogP contribution in [0.2, 0.25) is 0 Å². The van der Waals surface area contributed by atoms with E-state index in [-0.39, 0.29) is 55.7 Å². The summed E-state index contributed by atoms with van der Waals surface area (Å²) in [4.78, 5) is 73.5. The van der Waals surface area contributed by atoms with Crippen molar-refractivity contribution in [1.29, 1.82) is 0 Å². The van der Waals surface area contributed by atoms with Gasteiger partial charge in [0.05, 0.1) is 38.4 Å². The first-order chi connectivity index (χ1) is 23.3. The molecule has 3 saturated carbocycles. The van der Waals surface area contributed by atoms with Crippen molar-refractivity contribution in [3.63, 3.8) is 0 Å². The Kier molecular flexibility index (Phi) is 11.1. The highest BCUT2D eigenvalue weighted by Gasteiger charge is 2.75. The van der Waals surface area contributed by atoms with Crippen LogP contribution in [-0.2, 0) is 43.0 Å². The van der Waals surface area contributed by atoms with E-state index in [9.17, 15) is 33.9 Å². The van der Waals surface area contributed by atoms with Gasteiger partial charge in [0.15, 0.2) is 23.5 Å². The van der Waals surface area contributed by atoms with Crippen molar-refractivity contribution in [2.75, 3.05) is 39.5 Å². The van der Waals surface area contributed by atoms with E-state index < -0.39 is 71.6 Å². The molecular weight excluding hydrogens is 638 g/mol. The van der Waals surface area contributed by atoms with Crippen LogP contribution in [0, 0.1) is 28.6 Å². The highest BCUT2D eigenvalue weighted by atomic mass is 16.7. The number of ether oxygens (including phenoxy) is 3. The number of carbonyl (C=O) groups is 6. The Hall–Kier alpha value is -3.50. The number of Topliss-reactive ketones (excluding diaryl/α,β-unsaturated/α-hetero) is 1. The van der Waals surface area contributed by atoms with Gasteiger partial charge < -0.3 is 46.3 Å². The molecular formula is C34H49N5O10. The molecule has 15 nitrogen and oxygen atoms in total. The minimum absolute atomic E-state index is 0.0274. The third-order valence-electron chi connectivity index (χ3n) is 11.4. The van der Waals surface area contributed by atoms with Crippen LogP contribution < -0.4 is 27.0 Å². The molecule has 4 amide bonds. The van der Waals surface area contributed by atoms with Gasteiger partial charge in [-0.1, -0.05) is 38.8 Å². The van der Waals surface area contributed by atoms with Crippen LogP contribution in [0.4, 0.5) is 0 Å². The predicted octanol–water partition coefficient (Wildman–Crippen LogP) is -0.878. The van der Waals surface area contributed by atoms with Crippen molar-refractivity contribution in [3.8, 4) is 0 Å². The zero-order valence-electron chi connectivity index (χ0n) is 28.4. The van der Waals surface area contributed by atoms with Gasteiger partial charge in [0, 0.05) is 16.7 Å². The number of amides is 4. The van der Waals surface area contributed by atoms with Gasteiger partial charge in [-0.25, -0.2) is 0 Å². The van der Waals surface area contributed by atoms with E-state index in [0.29, 0.717) is 19.3 Å². The maximum absolute atomic E-state index is 14.2. The third kappa shape index (κ3) is 6.96. The molecule has 270 valence electrons. The van der Waals surface area contributed by atoms with Gasteiger partial charge in [0.1, 0.15) is 13.3 Å². The fourth-order valence-electron chi connectivity index (χ4n) is 9.18. The van der Waals surface area contributed by atoms with E-state index in [1.807, 2.05) is 19.9 Å². The number of hydrogen-bond acceptors (Lipinski definition) is 11. The van der Waals surface area contributed by atoms with Gasteiger partial charge in [-0.2, -0.15) is 0 Å². The quantitative estimate of drug-likeness (QED) is 0.0972. The number of fused-ring (bicyclic) bond motifs is 7. The van der Waals surface area contributed by atoms with Crippen molar-refractivity contribution in [1.82, 2.24) is 21.3 Å². The Balaban J connectivity index is 1.17. The molecule has 7 N–H and O–H groups in total. The minimum atomic E-state index is -1.34. The van der Waals surface area contributed by atoms with Crippen LogP contribution in [-0.4, -0.2) is 104 Å². The lowest BCUT2D eigenvalue weighted by Crippen LogP contribution is -2.63. The van der Waals surface area contributed by atoms with Crippen molar-refractivity contribution in [2.24, 2.45) is 34.3 Å². The predicted molar refractivity (Wildman–Crippen MR) is 173 cm³/mol. The molecule has 5 aliphatic rings. The summed E-state index contributed by atoms with van der Waals surface area (Å²) >= 11 is 0. The largest absolute Gasteiger partial charge is 0.393 e. The van der Waals surface area contributed by atoms with E-state index in [4.69, 9.17) is 19.9 Å². The summed E-state index contributed by atoms with van der Waals surface area (Å²) in [5.41, 5.74) is 3.67. The topological polar surface area (TPSA) is 224 Å². The average molecular weight is 688 g/mol. The molecule has 0 aromatic carbocycles. The maximum Gasteiger partial charge on any atom is 0.241 e. The molecule has 0 spiro atoms. The van der Waals surface area contributed by atoms with Gasteiger partial charge in [-0.05, 0) is 56.1 Å². The number of nitrogens with one attached hydrogen (secondary N) is 4. The highest BCUT2D eigenvalue weighted by Crippen LogP contribution is 2.69. The van der Waals surface area contributed by atoms with Crippen LogP contribution in [0.3, 0.4) is 0 Å². The lowest BCUT2D eigenvalue weighted by molar-refractivity contribution is -0.201. The zero-order valence-corrected chi connectivity index (χ0v) is 28.4. The molecule has 0 bridgehead atoms. The highest BCUT2D eigenvalue weighted by molar-refractivity contribution is 6.01. The Morgan fingerprint density at radius 2 is 1.67 bits per heavy atom. The number of ketones is 2. The standard InChI is InChI=1S/C34H49N5O10/c1-4-5-30-48-25-11-22-21-7-6-19-10-20(40)8-9-32(19,2)31(21)23(41)12-33(22,3)34(25,49-30)24(42)17-47-18-39-29(46)16-38-28(45)15-37-27(44)14-36-26(43)13-35/h8-10,21-23,25,30-31,41H,4-7,11-18,35H2,1-3H3,(H,36,43)(H,37,44)(H,38,45)(H,39,46). The van der Waals surface area contributed by atoms with Gasteiger partial charge in [-0.15, -0.1) is 0 Å². The van der Waals surface area contributed by atoms with Crippen LogP contribution in [0.15, 0.2) is 23.8 Å². The molecule has 1 heterocycles. The van der Waals surface area contributed by atoms with E-state index in [2.05, 4.69) is 28.2 Å². The number of rotatable bonds is 14. The van der Waals surface area contributed by atoms with Crippen LogP contribution in [0.25, 0.3) is 0 Å². The second-order valence-electron chi connectivity index (χ2n) is 14.2. The number of nitrogens with two attached hydrogens (primary N) is 1. The lowest BCUT2D eigenvalue weighted by Gasteiger charge is -2.59. The fraction of sp³-hybridized carbons (Fsp3) is 0.706. The molecule has 4 fully saturated rings. The number of carbonyl (C=O) groups excluding carboxylic acids is 6. The maximum atomic E-state index is 14.2. The first-order valence-electron chi connectivity index (χ1n) is 17.1. The van der Waals surface area contributed by atoms with Crippen molar-refractivity contribution in [2.45, 2.75) is 83.4 Å². The van der Waals surface area contributed by atoms with Crippen molar-refractivity contribution >= 4 is 35.2 Å². The molecule has 1 saturated heterocycles. The molecule has 0 aromatic rings. The third-order valence-corrected chi connectivity index (χ3v) is 11.4. The molecule has 49 heavy (non-hydrogen) atoms. The summed E-state index contributed by atoms with van der Waals surface area (Å²) in [5.74, 6) is -2.64. The molecule has 0 radical (unpaired) electrons. The van der Waals surface area contributed by atoms with E-state index in [1.54, 1.807) is 12.2 Å². The van der Waals surface area contributed by atoms with Crippen molar-refractivity contribution < 1.29 is 48.1 Å². The smallest absolute Gasteiger partial charge is 0.241 e. The molecule has 9 unspecified atom stereocenters. The first-order valence-corrected chi connectivity index (χ1v) is 17.1. The van der Waals surface area contributed by atoms with E-state index in [0.717, 1.165) is 24.8 Å². The zero-order chi connectivity index (χ0) is 35.6. The fourth-order valence-corrected chi connectivity index (χ4v) is 9.18. The molecule has 15 heteroatoms. The Morgan fingerprint density at radius 3 is 2.33 bits per heavy atom. The van der Waals surface area contributed by atoms with Gasteiger partial charge in [0.2, 0.25) is 23.6 Å². The first kappa shape index (κ1) is 36.8. The minimum Gasteiger partial charge on any atom is -0.393 e. The van der Waals surface area contributed by atoms with Crippen molar-refractivity contribution in [3.05, 3.63) is 23.8 Å². The number of hydrogen-bond donors (Lipinski definition) is 6. The summed E-state index contributed by atoms with van der Waals surface area (Å²) in [6.07, 6.45) is 7.32. The molecule has 9 atom stereocenters. The summed E-state index contributed by atoms with van der Waals surface area (Å²) in [6.45, 7) is 4.09. The summed E-state index contributed by atoms with van der Waals surface area (Å²) in [7, 11) is 0. The second-order valence-corrected chi connectivity index (χ2v) is 14.2. The van der Waals surface area contributed by atoms with E-state index in [1.165, 1.54) is 0 Å². The number of aliphatic hydroxyl groups excluding tert-OH is 1. The SMILES string of the molecule is CCCC1OC2CC3C4CCC5=CC(=O)C=CC5(C)C4C(O)CC3(C)C2(C(=O)COCNC(=O)CNC(=O)CNC(=O)CNC(=O)CN)O1. The summed E-state index contributed by atoms with van der Waals surface area (Å²) in [5, 5.41) is 21.3. The Bertz CT molecular complexity index is 1420. The molecule has 5 rings (SSSR count). The summed E-state index contributed by atoms with van der Waals surface area (Å²) < 4.78 is 18.7. The second kappa shape index (κ2) is 14.8. The van der Waals surface area contributed by atoms with Crippen LogP contribution in [0.1, 0.15) is 59.3 Å². The van der Waals surface area contributed by atoms with Gasteiger partial charge in [0.25, 0.3) is 0 Å². The van der Waals surface area contributed by atoms with Gasteiger partial charge >= 0.3 is 0 Å². The molecule has 1 aliphatic heterocycles. The van der Waals surface area contributed by atoms with Gasteiger partial charge in [-0.3, -0.25) is 28.8 Å². The normalized spacial score (nSPS) is 35.6. The Morgan fingerprint density at radius 1 is 1.02 bits per heavy atom. The number of allylic oxidation sites excluding steroid dienone is 4. The molecule has 4 aliphatic carbocycles. The van der Waals surface area contributed by atoms with Crippen LogP contribution in [0.5, 0.6) is 0 Å². The van der Waals surface area contributed by atoms with E-state index >= 15 is 0 Å². The Labute approximate surface area is 285 Å². The monoisotopic (exact) mass is 687 g/mol. The number of aliphatic hydroxyl groups is 1.